The zero-order valence-electron chi connectivity index (χ0n) is 11.9. The van der Waals surface area contributed by atoms with Crippen molar-refractivity contribution < 1.29 is 9.11 Å². The fourth-order valence-electron chi connectivity index (χ4n) is 3.49. The lowest BCUT2D eigenvalue weighted by Gasteiger charge is -2.54. The van der Waals surface area contributed by atoms with Crippen molar-refractivity contribution in [2.45, 2.75) is 5.41 Å². The molecule has 3 heterocycles. The molecule has 0 radical (unpaired) electrons. The monoisotopic (exact) mass is 416 g/mol. The van der Waals surface area contributed by atoms with Gasteiger partial charge in [0.15, 0.2) is 5.82 Å². The third kappa shape index (κ3) is 2.40. The molecule has 0 bridgehead atoms. The van der Waals surface area contributed by atoms with E-state index in [0.29, 0.717) is 28.9 Å². The summed E-state index contributed by atoms with van der Waals surface area (Å²) in [7, 11) is -2.48. The highest BCUT2D eigenvalue weighted by atomic mass is 79.9. The quantitative estimate of drug-likeness (QED) is 0.656. The first-order valence-corrected chi connectivity index (χ1v) is 9.94. The second kappa shape index (κ2) is 4.97. The minimum Gasteiger partial charge on any atom is -0.368 e. The van der Waals surface area contributed by atoms with Gasteiger partial charge < -0.3 is 10.6 Å². The molecule has 1 saturated heterocycles. The summed E-state index contributed by atoms with van der Waals surface area (Å²) in [6, 6.07) is 5.97. The van der Waals surface area contributed by atoms with E-state index < -0.39 is 10.6 Å². The maximum Gasteiger partial charge on any atom is 0.222 e. The minimum atomic E-state index is -2.48. The summed E-state index contributed by atoms with van der Waals surface area (Å²) >= 11 is 9.75. The molecule has 23 heavy (non-hydrogen) atoms. The second-order valence-corrected chi connectivity index (χ2v) is 9.52. The lowest BCUT2D eigenvalue weighted by atomic mass is 9.85. The first-order chi connectivity index (χ1) is 10.8. The number of nitrogen functional groups attached to an aromatic ring is 1. The van der Waals surface area contributed by atoms with E-state index in [1.165, 1.54) is 6.20 Å². The number of anilines is 3. The van der Waals surface area contributed by atoms with Gasteiger partial charge in [-0.2, -0.15) is 15.6 Å². The Kier molecular flexibility index (Phi) is 3.34. The van der Waals surface area contributed by atoms with E-state index in [9.17, 15) is 9.11 Å². The molecule has 2 aliphatic heterocycles. The van der Waals surface area contributed by atoms with E-state index in [-0.39, 0.29) is 11.4 Å². The number of fused-ring (bicyclic) bond motifs is 2. The van der Waals surface area contributed by atoms with Crippen LogP contribution in [0.1, 0.15) is 5.56 Å². The molecular formula is C14H14BrClN4O2S. The molecule has 0 atom stereocenters. The number of hydrogen-bond acceptors (Lipinski definition) is 6. The van der Waals surface area contributed by atoms with Crippen LogP contribution < -0.4 is 10.6 Å². The van der Waals surface area contributed by atoms with E-state index in [1.807, 2.05) is 23.1 Å². The molecule has 0 unspecified atom stereocenters. The Morgan fingerprint density at radius 1 is 1.35 bits per heavy atom. The number of nitrogens with two attached hydrogens (primary N) is 1. The van der Waals surface area contributed by atoms with Gasteiger partial charge in [-0.25, -0.2) is 4.98 Å². The van der Waals surface area contributed by atoms with Crippen molar-refractivity contribution in [3.8, 4) is 0 Å². The number of rotatable bonds is 1. The van der Waals surface area contributed by atoms with Crippen LogP contribution in [0.2, 0.25) is 5.02 Å². The Morgan fingerprint density at radius 3 is 2.78 bits per heavy atom. The van der Waals surface area contributed by atoms with Gasteiger partial charge in [0.05, 0.1) is 23.1 Å². The molecular weight excluding hydrogens is 404 g/mol. The average molecular weight is 418 g/mol. The van der Waals surface area contributed by atoms with Crippen LogP contribution in [0.15, 0.2) is 28.9 Å². The van der Waals surface area contributed by atoms with Gasteiger partial charge in [0, 0.05) is 16.7 Å². The predicted molar refractivity (Wildman–Crippen MR) is 96.9 cm³/mol. The second-order valence-electron chi connectivity index (χ2n) is 6.02. The van der Waals surface area contributed by atoms with Crippen LogP contribution in [0.25, 0.3) is 0 Å². The van der Waals surface area contributed by atoms with E-state index in [1.54, 1.807) is 0 Å². The third-order valence-corrected chi connectivity index (χ3v) is 7.09. The highest BCUT2D eigenvalue weighted by Crippen LogP contribution is 2.64. The van der Waals surface area contributed by atoms with Crippen LogP contribution in [0.3, 0.4) is 0 Å². The summed E-state index contributed by atoms with van der Waals surface area (Å²) in [6.07, 6.45) is 1.48. The molecule has 1 spiro atoms. The molecule has 4 rings (SSSR count). The van der Waals surface area contributed by atoms with Crippen molar-refractivity contribution in [1.82, 2.24) is 9.97 Å². The predicted octanol–water partition coefficient (Wildman–Crippen LogP) is 3.63. The maximum absolute atomic E-state index is 9.91. The largest absolute Gasteiger partial charge is 0.368 e. The van der Waals surface area contributed by atoms with Crippen LogP contribution in [-0.2, 0) is 5.41 Å². The SMILES string of the molecule is Nc1ncc(Cl)c(N2CC3(CS(O)(O)C3)c3ccc(Br)cc32)n1. The van der Waals surface area contributed by atoms with Gasteiger partial charge in [0.2, 0.25) is 5.95 Å². The van der Waals surface area contributed by atoms with E-state index in [4.69, 9.17) is 17.3 Å². The summed E-state index contributed by atoms with van der Waals surface area (Å²) in [5.41, 5.74) is 7.47. The molecule has 1 aromatic carbocycles. The highest BCUT2D eigenvalue weighted by Gasteiger charge is 2.55. The minimum absolute atomic E-state index is 0.153. The van der Waals surface area contributed by atoms with Gasteiger partial charge in [-0.05, 0) is 17.7 Å². The molecule has 4 N–H and O–H groups in total. The molecule has 0 saturated carbocycles. The van der Waals surface area contributed by atoms with Crippen molar-refractivity contribution in [2.75, 3.05) is 28.7 Å². The van der Waals surface area contributed by atoms with Gasteiger partial charge >= 0.3 is 0 Å². The van der Waals surface area contributed by atoms with E-state index >= 15 is 0 Å². The fourth-order valence-corrected chi connectivity index (χ4v) is 6.21. The molecule has 2 aromatic rings. The van der Waals surface area contributed by atoms with Crippen molar-refractivity contribution in [2.24, 2.45) is 0 Å². The molecule has 9 heteroatoms. The molecule has 6 nitrogen and oxygen atoms in total. The summed E-state index contributed by atoms with van der Waals surface area (Å²) in [5, 5.41) is 0.410. The third-order valence-electron chi connectivity index (χ3n) is 4.30. The Hall–Kier alpha value is -1.06. The number of benzene rings is 1. The van der Waals surface area contributed by atoms with Crippen LogP contribution in [-0.4, -0.2) is 37.1 Å². The Balaban J connectivity index is 1.85. The summed E-state index contributed by atoms with van der Waals surface area (Å²) in [4.78, 5) is 10.2. The Morgan fingerprint density at radius 2 is 2.09 bits per heavy atom. The number of hydrogen-bond donors (Lipinski definition) is 3. The van der Waals surface area contributed by atoms with Crippen LogP contribution in [0.5, 0.6) is 0 Å². The number of halogens is 2. The van der Waals surface area contributed by atoms with Crippen LogP contribution in [0, 0.1) is 0 Å². The maximum atomic E-state index is 9.91. The van der Waals surface area contributed by atoms with Gasteiger partial charge in [-0.15, -0.1) is 0 Å². The Bertz CT molecular complexity index is 811. The van der Waals surface area contributed by atoms with Gasteiger partial charge in [-0.1, -0.05) is 33.6 Å². The number of aromatic nitrogens is 2. The van der Waals surface area contributed by atoms with Gasteiger partial charge in [0.1, 0.15) is 5.02 Å². The highest BCUT2D eigenvalue weighted by molar-refractivity contribution is 9.10. The Labute approximate surface area is 148 Å². The summed E-state index contributed by atoms with van der Waals surface area (Å²) in [5.74, 6) is 1.42. The molecule has 0 amide bonds. The van der Waals surface area contributed by atoms with E-state index in [0.717, 1.165) is 15.7 Å². The number of nitrogens with zero attached hydrogens (tertiary/aromatic N) is 3. The summed E-state index contributed by atoms with van der Waals surface area (Å²) in [6.45, 7) is 0.588. The first kappa shape index (κ1) is 15.5. The van der Waals surface area contributed by atoms with Gasteiger partial charge in [0.25, 0.3) is 0 Å². The fraction of sp³-hybridized carbons (Fsp3) is 0.286. The standard InChI is InChI=1S/C14H14BrClN4O2S/c15-8-1-2-9-11(3-8)20(5-14(9)6-23(21,22)7-14)12-10(16)4-18-13(17)19-12/h1-4,21-22H,5-7H2,(H2,17,18,19). The molecule has 1 aromatic heterocycles. The smallest absolute Gasteiger partial charge is 0.222 e. The van der Waals surface area contributed by atoms with E-state index in [2.05, 4.69) is 25.9 Å². The lowest BCUT2D eigenvalue weighted by Crippen LogP contribution is -2.51. The normalized spacial score (nSPS) is 21.8. The lowest BCUT2D eigenvalue weighted by molar-refractivity contribution is 0.401. The van der Waals surface area contributed by atoms with Crippen molar-refractivity contribution >= 4 is 55.6 Å². The molecule has 1 fully saturated rings. The zero-order valence-corrected chi connectivity index (χ0v) is 15.1. The zero-order chi connectivity index (χ0) is 16.4. The van der Waals surface area contributed by atoms with Crippen LogP contribution in [0.4, 0.5) is 17.5 Å². The van der Waals surface area contributed by atoms with Crippen LogP contribution >= 0.6 is 38.1 Å². The summed E-state index contributed by atoms with van der Waals surface area (Å²) < 4.78 is 20.8. The molecule has 2 aliphatic rings. The van der Waals surface area contributed by atoms with Crippen molar-refractivity contribution in [3.05, 3.63) is 39.5 Å². The average Bonchev–Trinajstić information content (AvgIpc) is 2.74. The molecule has 0 aliphatic carbocycles. The van der Waals surface area contributed by atoms with Gasteiger partial charge in [-0.3, -0.25) is 9.11 Å². The van der Waals surface area contributed by atoms with Crippen molar-refractivity contribution in [1.29, 1.82) is 0 Å². The van der Waals surface area contributed by atoms with Crippen molar-refractivity contribution in [3.63, 3.8) is 0 Å². The molecule has 122 valence electrons. The first-order valence-electron chi connectivity index (χ1n) is 6.89. The topological polar surface area (TPSA) is 95.5 Å².